The number of hydrogen-bond acceptors (Lipinski definition) is 3. The lowest BCUT2D eigenvalue weighted by molar-refractivity contribution is 0.137. The quantitative estimate of drug-likeness (QED) is 0.930. The highest BCUT2D eigenvalue weighted by atomic mass is 35.5. The lowest BCUT2D eigenvalue weighted by Gasteiger charge is -2.25. The van der Waals surface area contributed by atoms with Crippen molar-refractivity contribution in [2.45, 2.75) is 12.5 Å². The van der Waals surface area contributed by atoms with Crippen molar-refractivity contribution in [2.24, 2.45) is 5.92 Å². The summed E-state index contributed by atoms with van der Waals surface area (Å²) in [4.78, 5) is 3.86. The molecule has 116 valence electrons. The zero-order chi connectivity index (χ0) is 15.5. The highest BCUT2D eigenvalue weighted by Gasteiger charge is 2.29. The molecule has 1 aliphatic heterocycles. The second-order valence-corrected chi connectivity index (χ2v) is 5.74. The molecule has 3 rings (SSSR count). The Balaban J connectivity index is 1.91. The van der Waals surface area contributed by atoms with Crippen LogP contribution in [0.3, 0.4) is 0 Å². The van der Waals surface area contributed by atoms with Crippen molar-refractivity contribution in [1.82, 2.24) is 10.3 Å². The molecule has 0 spiro atoms. The van der Waals surface area contributed by atoms with Crippen molar-refractivity contribution in [2.75, 3.05) is 13.1 Å². The predicted octanol–water partition coefficient (Wildman–Crippen LogP) is 3.74. The first-order valence-corrected chi connectivity index (χ1v) is 7.44. The lowest BCUT2D eigenvalue weighted by Crippen LogP contribution is -2.22. The molecule has 1 fully saturated rings. The van der Waals surface area contributed by atoms with Crippen LogP contribution in [0.4, 0.5) is 8.78 Å². The van der Waals surface area contributed by atoms with E-state index in [0.717, 1.165) is 25.7 Å². The number of rotatable bonds is 4. The first-order valence-electron chi connectivity index (χ1n) is 7.06. The van der Waals surface area contributed by atoms with E-state index in [-0.39, 0.29) is 11.7 Å². The van der Waals surface area contributed by atoms with Crippen LogP contribution >= 0.6 is 11.6 Å². The first kappa shape index (κ1) is 15.2. The van der Waals surface area contributed by atoms with Crippen LogP contribution in [-0.2, 0) is 0 Å². The summed E-state index contributed by atoms with van der Waals surface area (Å²) in [5.41, 5.74) is 0.600. The number of aromatic nitrogens is 1. The zero-order valence-electron chi connectivity index (χ0n) is 11.7. The Labute approximate surface area is 132 Å². The normalized spacial score (nSPS) is 19.1. The minimum atomic E-state index is -0.534. The SMILES string of the molecule is Fc1cncc([C@@H](Oc2ccc(Cl)cc2F)[C@@H]2CCNC2)c1. The maximum Gasteiger partial charge on any atom is 0.166 e. The van der Waals surface area contributed by atoms with Crippen molar-refractivity contribution in [3.63, 3.8) is 0 Å². The van der Waals surface area contributed by atoms with Gasteiger partial charge in [-0.2, -0.15) is 0 Å². The van der Waals surface area contributed by atoms with Gasteiger partial charge in [0.05, 0.1) is 6.20 Å². The monoisotopic (exact) mass is 324 g/mol. The molecule has 0 aliphatic carbocycles. The maximum absolute atomic E-state index is 14.0. The van der Waals surface area contributed by atoms with Gasteiger partial charge >= 0.3 is 0 Å². The molecule has 2 atom stereocenters. The minimum absolute atomic E-state index is 0.102. The van der Waals surface area contributed by atoms with Crippen molar-refractivity contribution in [1.29, 1.82) is 0 Å². The van der Waals surface area contributed by atoms with Crippen LogP contribution < -0.4 is 10.1 Å². The summed E-state index contributed by atoms with van der Waals surface area (Å²) in [6.07, 6.45) is 3.10. The van der Waals surface area contributed by atoms with E-state index in [2.05, 4.69) is 10.3 Å². The molecule has 22 heavy (non-hydrogen) atoms. The van der Waals surface area contributed by atoms with Gasteiger partial charge in [0.1, 0.15) is 11.9 Å². The topological polar surface area (TPSA) is 34.1 Å². The standard InChI is InChI=1S/C16H15ClF2N2O/c17-12-1-2-15(14(19)6-12)22-16(10-3-4-20-7-10)11-5-13(18)9-21-8-11/h1-2,5-6,8-10,16,20H,3-4,7H2/t10-,16+/m1/s1. The number of halogens is 3. The molecule has 1 aliphatic rings. The van der Waals surface area contributed by atoms with Crippen molar-refractivity contribution < 1.29 is 13.5 Å². The number of hydrogen-bond donors (Lipinski definition) is 1. The van der Waals surface area contributed by atoms with Crippen LogP contribution in [0.2, 0.25) is 5.02 Å². The zero-order valence-corrected chi connectivity index (χ0v) is 12.5. The van der Waals surface area contributed by atoms with E-state index in [1.54, 1.807) is 12.3 Å². The third-order valence-electron chi connectivity index (χ3n) is 3.73. The van der Waals surface area contributed by atoms with Gasteiger partial charge in [-0.25, -0.2) is 8.78 Å². The van der Waals surface area contributed by atoms with Gasteiger partial charge in [-0.1, -0.05) is 11.6 Å². The van der Waals surface area contributed by atoms with Crippen LogP contribution in [-0.4, -0.2) is 18.1 Å². The predicted molar refractivity (Wildman–Crippen MR) is 80.0 cm³/mol. The summed E-state index contributed by atoms with van der Waals surface area (Å²) in [6, 6.07) is 5.63. The van der Waals surface area contributed by atoms with Gasteiger partial charge in [-0.05, 0) is 37.2 Å². The Hall–Kier alpha value is -1.72. The van der Waals surface area contributed by atoms with Gasteiger partial charge in [0, 0.05) is 29.2 Å². The molecule has 0 radical (unpaired) electrons. The van der Waals surface area contributed by atoms with Crippen molar-refractivity contribution >= 4 is 11.6 Å². The molecule has 3 nitrogen and oxygen atoms in total. The number of nitrogens with zero attached hydrogens (tertiary/aromatic N) is 1. The summed E-state index contributed by atoms with van der Waals surface area (Å²) >= 11 is 5.75. The summed E-state index contributed by atoms with van der Waals surface area (Å²) in [6.45, 7) is 1.59. The molecule has 2 aromatic rings. The molecule has 1 aromatic heterocycles. The summed E-state index contributed by atoms with van der Waals surface area (Å²) in [5.74, 6) is -0.745. The molecule has 2 heterocycles. The number of nitrogens with one attached hydrogen (secondary N) is 1. The van der Waals surface area contributed by atoms with Gasteiger partial charge in [-0.15, -0.1) is 0 Å². The van der Waals surface area contributed by atoms with E-state index in [0.29, 0.717) is 10.6 Å². The Bertz CT molecular complexity index is 662. The fraction of sp³-hybridized carbons (Fsp3) is 0.312. The van der Waals surface area contributed by atoms with E-state index in [9.17, 15) is 8.78 Å². The van der Waals surface area contributed by atoms with Crippen LogP contribution in [0, 0.1) is 17.6 Å². The highest BCUT2D eigenvalue weighted by Crippen LogP contribution is 2.33. The molecule has 0 amide bonds. The average molecular weight is 325 g/mol. The van der Waals surface area contributed by atoms with Crippen molar-refractivity contribution in [3.8, 4) is 5.75 Å². The summed E-state index contributed by atoms with van der Waals surface area (Å²) < 4.78 is 33.3. The van der Waals surface area contributed by atoms with Crippen LogP contribution in [0.1, 0.15) is 18.1 Å². The lowest BCUT2D eigenvalue weighted by atomic mass is 9.96. The summed E-state index contributed by atoms with van der Waals surface area (Å²) in [5, 5.41) is 3.54. The van der Waals surface area contributed by atoms with E-state index in [1.807, 2.05) is 0 Å². The number of pyridine rings is 1. The van der Waals surface area contributed by atoms with Gasteiger partial charge < -0.3 is 10.1 Å². The Kier molecular flexibility index (Phi) is 4.55. The van der Waals surface area contributed by atoms with Crippen molar-refractivity contribution in [3.05, 3.63) is 58.9 Å². The largest absolute Gasteiger partial charge is 0.482 e. The van der Waals surface area contributed by atoms with Gasteiger partial charge in [0.25, 0.3) is 0 Å². The van der Waals surface area contributed by atoms with E-state index in [4.69, 9.17) is 16.3 Å². The van der Waals surface area contributed by atoms with E-state index < -0.39 is 17.7 Å². The van der Waals surface area contributed by atoms with Crippen LogP contribution in [0.15, 0.2) is 36.7 Å². The van der Waals surface area contributed by atoms with E-state index in [1.165, 1.54) is 18.2 Å². The molecule has 1 N–H and O–H groups in total. The summed E-state index contributed by atoms with van der Waals surface area (Å²) in [7, 11) is 0. The van der Waals surface area contributed by atoms with E-state index >= 15 is 0 Å². The number of benzene rings is 1. The third-order valence-corrected chi connectivity index (χ3v) is 3.96. The second kappa shape index (κ2) is 6.58. The molecule has 0 unspecified atom stereocenters. The Morgan fingerprint density at radius 1 is 1.27 bits per heavy atom. The van der Waals surface area contributed by atoms with Crippen LogP contribution in [0.25, 0.3) is 0 Å². The first-order chi connectivity index (χ1) is 10.6. The molecule has 1 saturated heterocycles. The Morgan fingerprint density at radius 2 is 2.14 bits per heavy atom. The molecule has 0 bridgehead atoms. The maximum atomic E-state index is 14.0. The molecular formula is C16H15ClF2N2O. The molecular weight excluding hydrogens is 310 g/mol. The van der Waals surface area contributed by atoms with Crippen LogP contribution in [0.5, 0.6) is 5.75 Å². The highest BCUT2D eigenvalue weighted by molar-refractivity contribution is 6.30. The average Bonchev–Trinajstić information content (AvgIpc) is 3.00. The fourth-order valence-corrected chi connectivity index (χ4v) is 2.82. The van der Waals surface area contributed by atoms with Gasteiger partial charge in [0.15, 0.2) is 11.6 Å². The van der Waals surface area contributed by atoms with Gasteiger partial charge in [-0.3, -0.25) is 4.98 Å². The van der Waals surface area contributed by atoms with Gasteiger partial charge in [0.2, 0.25) is 0 Å². The molecule has 6 heteroatoms. The minimum Gasteiger partial charge on any atom is -0.482 e. The Morgan fingerprint density at radius 3 is 2.82 bits per heavy atom. The fourth-order valence-electron chi connectivity index (χ4n) is 2.66. The number of ether oxygens (including phenoxy) is 1. The second-order valence-electron chi connectivity index (χ2n) is 5.30. The molecule has 0 saturated carbocycles. The molecule has 1 aromatic carbocycles. The smallest absolute Gasteiger partial charge is 0.166 e. The third kappa shape index (κ3) is 3.36.